The number of piperazine rings is 1. The molecule has 0 spiro atoms. The van der Waals surface area contributed by atoms with Crippen molar-refractivity contribution in [2.24, 2.45) is 0 Å². The Labute approximate surface area is 160 Å². The first-order chi connectivity index (χ1) is 13.1. The smallest absolute Gasteiger partial charge is 0.185 e. The zero-order valence-electron chi connectivity index (χ0n) is 16.1. The van der Waals surface area contributed by atoms with Crippen LogP contribution in [-0.4, -0.2) is 58.1 Å². The average Bonchev–Trinajstić information content (AvgIpc) is 2.72. The van der Waals surface area contributed by atoms with E-state index in [-0.39, 0.29) is 5.78 Å². The van der Waals surface area contributed by atoms with E-state index in [9.17, 15) is 4.79 Å². The molecule has 5 heteroatoms. The molecule has 5 nitrogen and oxygen atoms in total. The molecule has 0 radical (unpaired) electrons. The fraction of sp³-hybridized carbons (Fsp3) is 0.318. The van der Waals surface area contributed by atoms with Gasteiger partial charge in [-0.15, -0.1) is 0 Å². The van der Waals surface area contributed by atoms with Crippen molar-refractivity contribution >= 4 is 17.5 Å². The van der Waals surface area contributed by atoms with Crippen LogP contribution in [0, 0.1) is 0 Å². The second kappa shape index (κ2) is 8.73. The Hall–Kier alpha value is -2.79. The minimum atomic E-state index is -0.0372. The largest absolute Gasteiger partial charge is 0.497 e. The van der Waals surface area contributed by atoms with Crippen molar-refractivity contribution in [1.29, 1.82) is 0 Å². The van der Waals surface area contributed by atoms with E-state index in [4.69, 9.17) is 9.47 Å². The molecule has 1 aliphatic heterocycles. The zero-order valence-corrected chi connectivity index (χ0v) is 16.1. The second-order valence-electron chi connectivity index (χ2n) is 6.64. The van der Waals surface area contributed by atoms with Crippen LogP contribution in [0.5, 0.6) is 11.5 Å². The summed E-state index contributed by atoms with van der Waals surface area (Å²) in [6.07, 6.45) is 3.33. The number of nitrogens with zero attached hydrogens (tertiary/aromatic N) is 2. The van der Waals surface area contributed by atoms with Crippen molar-refractivity contribution < 1.29 is 14.3 Å². The Morgan fingerprint density at radius 1 is 0.963 bits per heavy atom. The molecule has 0 saturated carbocycles. The number of hydrogen-bond donors (Lipinski definition) is 0. The standard InChI is InChI=1S/C22H26N2O3/c1-23-12-14-24(15-13-23)19-7-4-17(5-8-19)21(25)10-6-18-16-20(26-2)9-11-22(18)27-3/h4-11,16H,12-15H2,1-3H3/b10-6+. The highest BCUT2D eigenvalue weighted by atomic mass is 16.5. The molecular formula is C22H26N2O3. The van der Waals surface area contributed by atoms with Gasteiger partial charge in [0.2, 0.25) is 0 Å². The van der Waals surface area contributed by atoms with Gasteiger partial charge in [0.25, 0.3) is 0 Å². The first-order valence-electron chi connectivity index (χ1n) is 9.08. The molecule has 142 valence electrons. The van der Waals surface area contributed by atoms with Gasteiger partial charge in [-0.25, -0.2) is 0 Å². The Balaban J connectivity index is 1.70. The molecule has 0 bridgehead atoms. The number of hydrogen-bond acceptors (Lipinski definition) is 5. The van der Waals surface area contributed by atoms with Gasteiger partial charge < -0.3 is 19.3 Å². The topological polar surface area (TPSA) is 42.0 Å². The van der Waals surface area contributed by atoms with Gasteiger partial charge in [0.1, 0.15) is 11.5 Å². The molecule has 0 unspecified atom stereocenters. The maximum absolute atomic E-state index is 12.5. The number of methoxy groups -OCH3 is 2. The number of ether oxygens (including phenoxy) is 2. The lowest BCUT2D eigenvalue weighted by atomic mass is 10.1. The highest BCUT2D eigenvalue weighted by Gasteiger charge is 2.14. The lowest BCUT2D eigenvalue weighted by molar-refractivity contribution is 0.104. The minimum Gasteiger partial charge on any atom is -0.497 e. The number of ketones is 1. The summed E-state index contributed by atoms with van der Waals surface area (Å²) >= 11 is 0. The third-order valence-corrected chi connectivity index (χ3v) is 4.87. The van der Waals surface area contributed by atoms with Crippen LogP contribution in [0.3, 0.4) is 0 Å². The van der Waals surface area contributed by atoms with Crippen LogP contribution in [0.2, 0.25) is 0 Å². The predicted octanol–water partition coefficient (Wildman–Crippen LogP) is 3.35. The van der Waals surface area contributed by atoms with E-state index < -0.39 is 0 Å². The number of rotatable bonds is 6. The van der Waals surface area contributed by atoms with Crippen molar-refractivity contribution in [1.82, 2.24) is 4.90 Å². The number of benzene rings is 2. The van der Waals surface area contributed by atoms with E-state index >= 15 is 0 Å². The zero-order chi connectivity index (χ0) is 19.2. The molecule has 3 rings (SSSR count). The van der Waals surface area contributed by atoms with Crippen molar-refractivity contribution in [2.45, 2.75) is 0 Å². The maximum Gasteiger partial charge on any atom is 0.185 e. The van der Waals surface area contributed by atoms with Gasteiger partial charge >= 0.3 is 0 Å². The van der Waals surface area contributed by atoms with E-state index in [0.29, 0.717) is 11.3 Å². The van der Waals surface area contributed by atoms with E-state index in [1.54, 1.807) is 26.4 Å². The average molecular weight is 366 g/mol. The van der Waals surface area contributed by atoms with Crippen LogP contribution in [0.25, 0.3) is 6.08 Å². The SMILES string of the molecule is COc1ccc(OC)c(/C=C/C(=O)c2ccc(N3CCN(C)CC3)cc2)c1. The van der Waals surface area contributed by atoms with Crippen LogP contribution in [0.4, 0.5) is 5.69 Å². The molecule has 2 aromatic rings. The van der Waals surface area contributed by atoms with Crippen molar-refractivity contribution in [3.8, 4) is 11.5 Å². The number of carbonyl (C=O) groups is 1. The van der Waals surface area contributed by atoms with E-state index in [0.717, 1.165) is 43.2 Å². The first kappa shape index (κ1) is 19.0. The fourth-order valence-electron chi connectivity index (χ4n) is 3.13. The predicted molar refractivity (Wildman–Crippen MR) is 109 cm³/mol. The van der Waals surface area contributed by atoms with E-state index in [1.165, 1.54) is 0 Å². The summed E-state index contributed by atoms with van der Waals surface area (Å²) in [6.45, 7) is 4.15. The highest BCUT2D eigenvalue weighted by Crippen LogP contribution is 2.25. The van der Waals surface area contributed by atoms with Crippen LogP contribution >= 0.6 is 0 Å². The van der Waals surface area contributed by atoms with E-state index in [2.05, 4.69) is 16.8 Å². The van der Waals surface area contributed by atoms with Gasteiger partial charge in [-0.1, -0.05) is 0 Å². The van der Waals surface area contributed by atoms with Gasteiger partial charge in [-0.3, -0.25) is 4.79 Å². The lowest BCUT2D eigenvalue weighted by Crippen LogP contribution is -2.44. The molecule has 1 heterocycles. The van der Waals surface area contributed by atoms with Gasteiger partial charge in [0.05, 0.1) is 14.2 Å². The summed E-state index contributed by atoms with van der Waals surface area (Å²) in [5.41, 5.74) is 2.64. The molecular weight excluding hydrogens is 340 g/mol. The molecule has 0 N–H and O–H groups in total. The van der Waals surface area contributed by atoms with Crippen molar-refractivity contribution in [2.75, 3.05) is 52.3 Å². The van der Waals surface area contributed by atoms with Gasteiger partial charge in [-0.05, 0) is 61.7 Å². The Kier molecular flexibility index (Phi) is 6.14. The third-order valence-electron chi connectivity index (χ3n) is 4.87. The number of allylic oxidation sites excluding steroid dienone is 1. The normalized spacial score (nSPS) is 15.1. The second-order valence-corrected chi connectivity index (χ2v) is 6.64. The first-order valence-corrected chi connectivity index (χ1v) is 9.08. The van der Waals surface area contributed by atoms with Crippen LogP contribution in [-0.2, 0) is 0 Å². The van der Waals surface area contributed by atoms with Crippen LogP contribution < -0.4 is 14.4 Å². The minimum absolute atomic E-state index is 0.0372. The molecule has 27 heavy (non-hydrogen) atoms. The number of carbonyl (C=O) groups excluding carboxylic acids is 1. The van der Waals surface area contributed by atoms with Gasteiger partial charge in [0.15, 0.2) is 5.78 Å². The fourth-order valence-corrected chi connectivity index (χ4v) is 3.13. The van der Waals surface area contributed by atoms with Crippen molar-refractivity contribution in [3.05, 3.63) is 59.7 Å². The summed E-state index contributed by atoms with van der Waals surface area (Å²) in [5.74, 6) is 1.38. The summed E-state index contributed by atoms with van der Waals surface area (Å²) in [5, 5.41) is 0. The maximum atomic E-state index is 12.5. The van der Waals surface area contributed by atoms with Crippen molar-refractivity contribution in [3.63, 3.8) is 0 Å². The molecule has 0 amide bonds. The summed E-state index contributed by atoms with van der Waals surface area (Å²) < 4.78 is 10.6. The number of likely N-dealkylation sites (N-methyl/N-ethyl adjacent to an activating group) is 1. The highest BCUT2D eigenvalue weighted by molar-refractivity contribution is 6.07. The Bertz CT molecular complexity index is 807. The lowest BCUT2D eigenvalue weighted by Gasteiger charge is -2.34. The Morgan fingerprint density at radius 2 is 1.67 bits per heavy atom. The molecule has 2 aromatic carbocycles. The van der Waals surface area contributed by atoms with Crippen LogP contribution in [0.15, 0.2) is 48.5 Å². The molecule has 1 saturated heterocycles. The summed E-state index contributed by atoms with van der Waals surface area (Å²) in [6, 6.07) is 13.3. The summed E-state index contributed by atoms with van der Waals surface area (Å²) in [4.78, 5) is 17.2. The summed E-state index contributed by atoms with van der Waals surface area (Å²) in [7, 11) is 5.36. The molecule has 1 fully saturated rings. The van der Waals surface area contributed by atoms with Gasteiger partial charge in [0, 0.05) is 43.0 Å². The third kappa shape index (κ3) is 4.68. The van der Waals surface area contributed by atoms with Crippen LogP contribution in [0.1, 0.15) is 15.9 Å². The van der Waals surface area contributed by atoms with E-state index in [1.807, 2.05) is 42.5 Å². The molecule has 0 aliphatic carbocycles. The number of anilines is 1. The van der Waals surface area contributed by atoms with Gasteiger partial charge in [-0.2, -0.15) is 0 Å². The molecule has 0 atom stereocenters. The monoisotopic (exact) mass is 366 g/mol. The molecule has 0 aromatic heterocycles. The quantitative estimate of drug-likeness (QED) is 0.579. The Morgan fingerprint density at radius 3 is 2.30 bits per heavy atom. The molecule has 1 aliphatic rings.